The van der Waals surface area contributed by atoms with E-state index in [0.29, 0.717) is 16.1 Å². The van der Waals surface area contributed by atoms with Crippen molar-refractivity contribution in [3.05, 3.63) is 33.8 Å². The van der Waals surface area contributed by atoms with Crippen molar-refractivity contribution in [2.45, 2.75) is 24.7 Å². The van der Waals surface area contributed by atoms with Crippen LogP contribution in [-0.2, 0) is 10.5 Å². The van der Waals surface area contributed by atoms with Gasteiger partial charge in [0.25, 0.3) is 0 Å². The highest BCUT2D eigenvalue weighted by Crippen LogP contribution is 2.25. The standard InChI is InChI=1S/C13H15Cl2NOS2/c14-10-4-3-9(12(15)6-10)8-19-13(18)16-7-11-2-1-5-17-11/h3-4,6,11H,1-2,5,7-8H2,(H,16,18). The maximum absolute atomic E-state index is 6.11. The molecule has 1 fully saturated rings. The highest BCUT2D eigenvalue weighted by molar-refractivity contribution is 8.22. The molecule has 0 spiro atoms. The molecule has 1 atom stereocenters. The summed E-state index contributed by atoms with van der Waals surface area (Å²) in [6, 6.07) is 5.52. The van der Waals surface area contributed by atoms with Crippen LogP contribution in [0.2, 0.25) is 10.0 Å². The van der Waals surface area contributed by atoms with Gasteiger partial charge < -0.3 is 10.1 Å². The Bertz CT molecular complexity index is 450. The van der Waals surface area contributed by atoms with E-state index in [4.69, 9.17) is 40.2 Å². The van der Waals surface area contributed by atoms with E-state index in [-0.39, 0.29) is 0 Å². The van der Waals surface area contributed by atoms with Crippen molar-refractivity contribution in [1.29, 1.82) is 0 Å². The molecule has 1 heterocycles. The second-order valence-corrected chi connectivity index (χ2v) is 6.82. The largest absolute Gasteiger partial charge is 0.376 e. The van der Waals surface area contributed by atoms with Crippen LogP contribution in [0.25, 0.3) is 0 Å². The predicted octanol–water partition coefficient (Wildman–Crippen LogP) is 4.28. The fraction of sp³-hybridized carbons (Fsp3) is 0.462. The van der Waals surface area contributed by atoms with Gasteiger partial charge in [0, 0.05) is 28.9 Å². The molecule has 1 aliphatic heterocycles. The van der Waals surface area contributed by atoms with Gasteiger partial charge in [0.15, 0.2) is 0 Å². The van der Waals surface area contributed by atoms with Crippen molar-refractivity contribution in [2.24, 2.45) is 0 Å². The zero-order chi connectivity index (χ0) is 13.7. The Labute approximate surface area is 133 Å². The lowest BCUT2D eigenvalue weighted by atomic mass is 10.2. The highest BCUT2D eigenvalue weighted by atomic mass is 35.5. The first-order valence-corrected chi connectivity index (χ1v) is 8.26. The lowest BCUT2D eigenvalue weighted by Gasteiger charge is -2.12. The molecule has 1 aliphatic rings. The van der Waals surface area contributed by atoms with Gasteiger partial charge in [-0.25, -0.2) is 0 Å². The van der Waals surface area contributed by atoms with E-state index in [9.17, 15) is 0 Å². The van der Waals surface area contributed by atoms with Crippen molar-refractivity contribution in [3.63, 3.8) is 0 Å². The number of hydrogen-bond acceptors (Lipinski definition) is 3. The van der Waals surface area contributed by atoms with E-state index < -0.39 is 0 Å². The quantitative estimate of drug-likeness (QED) is 0.828. The van der Waals surface area contributed by atoms with E-state index in [0.717, 1.165) is 41.6 Å². The molecule has 2 nitrogen and oxygen atoms in total. The zero-order valence-corrected chi connectivity index (χ0v) is 13.5. The fourth-order valence-corrected chi connectivity index (χ4v) is 3.37. The summed E-state index contributed by atoms with van der Waals surface area (Å²) in [5.74, 6) is 0.743. The molecule has 0 aromatic heterocycles. The van der Waals surface area contributed by atoms with Crippen LogP contribution in [0.1, 0.15) is 18.4 Å². The lowest BCUT2D eigenvalue weighted by Crippen LogP contribution is -2.28. The molecule has 104 valence electrons. The Balaban J connectivity index is 1.73. The van der Waals surface area contributed by atoms with Crippen LogP contribution in [-0.4, -0.2) is 23.6 Å². The molecule has 1 aromatic carbocycles. The van der Waals surface area contributed by atoms with Gasteiger partial charge in [0.05, 0.1) is 6.10 Å². The summed E-state index contributed by atoms with van der Waals surface area (Å²) < 4.78 is 6.31. The van der Waals surface area contributed by atoms with Crippen LogP contribution >= 0.6 is 47.2 Å². The SMILES string of the molecule is S=C(NCC1CCCO1)SCc1ccc(Cl)cc1Cl. The summed E-state index contributed by atoms with van der Waals surface area (Å²) in [6.07, 6.45) is 2.56. The van der Waals surface area contributed by atoms with Crippen LogP contribution in [0.5, 0.6) is 0 Å². The maximum Gasteiger partial charge on any atom is 0.134 e. The first-order chi connectivity index (χ1) is 9.15. The van der Waals surface area contributed by atoms with Crippen LogP contribution in [0.4, 0.5) is 0 Å². The number of benzene rings is 1. The molecule has 0 bridgehead atoms. The van der Waals surface area contributed by atoms with Gasteiger partial charge in [-0.2, -0.15) is 0 Å². The number of thiocarbonyl (C=S) groups is 1. The Kier molecular flexibility index (Phi) is 6.23. The third-order valence-corrected chi connectivity index (χ3v) is 4.82. The molecular weight excluding hydrogens is 321 g/mol. The smallest absolute Gasteiger partial charge is 0.134 e. The Morgan fingerprint density at radius 1 is 1.47 bits per heavy atom. The summed E-state index contributed by atoms with van der Waals surface area (Å²) in [5.41, 5.74) is 1.04. The van der Waals surface area contributed by atoms with Gasteiger partial charge in [-0.05, 0) is 30.5 Å². The van der Waals surface area contributed by atoms with E-state index in [2.05, 4.69) is 5.32 Å². The van der Waals surface area contributed by atoms with Crippen molar-refractivity contribution in [2.75, 3.05) is 13.2 Å². The second-order valence-electron chi connectivity index (χ2n) is 4.33. The van der Waals surface area contributed by atoms with Crippen molar-refractivity contribution in [3.8, 4) is 0 Å². The average molecular weight is 336 g/mol. The lowest BCUT2D eigenvalue weighted by molar-refractivity contribution is 0.114. The second kappa shape index (κ2) is 7.70. The highest BCUT2D eigenvalue weighted by Gasteiger charge is 2.15. The van der Waals surface area contributed by atoms with Crippen molar-refractivity contribution in [1.82, 2.24) is 5.32 Å². The predicted molar refractivity (Wildman–Crippen MR) is 87.3 cm³/mol. The molecule has 19 heavy (non-hydrogen) atoms. The molecule has 1 N–H and O–H groups in total. The van der Waals surface area contributed by atoms with Gasteiger partial charge in [-0.3, -0.25) is 0 Å². The van der Waals surface area contributed by atoms with E-state index in [1.54, 1.807) is 17.8 Å². The molecule has 0 aliphatic carbocycles. The molecule has 6 heteroatoms. The molecule has 1 aromatic rings. The van der Waals surface area contributed by atoms with E-state index in [1.165, 1.54) is 0 Å². The van der Waals surface area contributed by atoms with Gasteiger partial charge in [-0.15, -0.1) is 0 Å². The fourth-order valence-electron chi connectivity index (χ4n) is 1.84. The summed E-state index contributed by atoms with van der Waals surface area (Å²) in [6.45, 7) is 1.66. The molecule has 0 saturated carbocycles. The monoisotopic (exact) mass is 335 g/mol. The van der Waals surface area contributed by atoms with Gasteiger partial charge in [-0.1, -0.05) is 53.2 Å². The first kappa shape index (κ1) is 15.4. The number of thioether (sulfide) groups is 1. The van der Waals surface area contributed by atoms with Gasteiger partial charge in [0.1, 0.15) is 4.32 Å². The summed E-state index contributed by atoms with van der Waals surface area (Å²) >= 11 is 18.8. The number of halogens is 2. The molecule has 0 radical (unpaired) electrons. The molecule has 1 saturated heterocycles. The van der Waals surface area contributed by atoms with Crippen molar-refractivity contribution >= 4 is 51.5 Å². The number of ether oxygens (including phenoxy) is 1. The van der Waals surface area contributed by atoms with Crippen LogP contribution in [0, 0.1) is 0 Å². The average Bonchev–Trinajstić information content (AvgIpc) is 2.88. The minimum absolute atomic E-state index is 0.303. The molecular formula is C13H15Cl2NOS2. The molecule has 1 unspecified atom stereocenters. The Morgan fingerprint density at radius 2 is 2.32 bits per heavy atom. The summed E-state index contributed by atoms with van der Waals surface area (Å²) in [7, 11) is 0. The van der Waals surface area contributed by atoms with Crippen LogP contribution < -0.4 is 5.32 Å². The van der Waals surface area contributed by atoms with Crippen LogP contribution in [0.3, 0.4) is 0 Å². The Hall–Kier alpha value is -0.000000000000000111. The topological polar surface area (TPSA) is 21.3 Å². The van der Waals surface area contributed by atoms with E-state index >= 15 is 0 Å². The number of rotatable bonds is 4. The van der Waals surface area contributed by atoms with Gasteiger partial charge >= 0.3 is 0 Å². The van der Waals surface area contributed by atoms with E-state index in [1.807, 2.05) is 12.1 Å². The third-order valence-electron chi connectivity index (χ3n) is 2.87. The summed E-state index contributed by atoms with van der Waals surface area (Å²) in [5, 5.41) is 4.56. The summed E-state index contributed by atoms with van der Waals surface area (Å²) in [4.78, 5) is 0. The first-order valence-electron chi connectivity index (χ1n) is 6.11. The molecule has 2 rings (SSSR count). The van der Waals surface area contributed by atoms with Crippen LogP contribution in [0.15, 0.2) is 18.2 Å². The Morgan fingerprint density at radius 3 is 3.00 bits per heavy atom. The van der Waals surface area contributed by atoms with Gasteiger partial charge in [0.2, 0.25) is 0 Å². The molecule has 0 amide bonds. The minimum Gasteiger partial charge on any atom is -0.376 e. The third kappa shape index (κ3) is 5.12. The maximum atomic E-state index is 6.11. The number of nitrogens with one attached hydrogen (secondary N) is 1. The van der Waals surface area contributed by atoms with Crippen molar-refractivity contribution < 1.29 is 4.74 Å². The minimum atomic E-state index is 0.303. The normalized spacial score (nSPS) is 18.5. The number of hydrogen-bond donors (Lipinski definition) is 1. The zero-order valence-electron chi connectivity index (χ0n) is 10.3.